The Hall–Kier alpha value is -1.87. The third-order valence-electron chi connectivity index (χ3n) is 4.68. The number of aliphatic imine (C=N–C) groups is 1. The number of nitrogens with zero attached hydrogens (tertiary/aromatic N) is 2. The van der Waals surface area contributed by atoms with E-state index in [0.29, 0.717) is 5.17 Å². The van der Waals surface area contributed by atoms with Gasteiger partial charge in [-0.15, -0.1) is 0 Å². The molecule has 0 spiro atoms. The smallest absolute Gasteiger partial charge is 0.303 e. The average molecular weight is 396 g/mol. The zero-order chi connectivity index (χ0) is 19.1. The molecule has 3 rings (SSSR count). The highest BCUT2D eigenvalue weighted by atomic mass is 32.2. The molecule has 9 heteroatoms. The molecule has 1 N–H and O–H groups in total. The van der Waals surface area contributed by atoms with Gasteiger partial charge in [0.1, 0.15) is 0 Å². The molecule has 0 aromatic heterocycles. The summed E-state index contributed by atoms with van der Waals surface area (Å²) < 4.78 is 24.1. The van der Waals surface area contributed by atoms with Crippen molar-refractivity contribution in [1.82, 2.24) is 0 Å². The van der Waals surface area contributed by atoms with Crippen molar-refractivity contribution >= 4 is 44.3 Å². The fourth-order valence-corrected chi connectivity index (χ4v) is 7.14. The first-order valence-electron chi connectivity index (χ1n) is 8.24. The molecule has 2 aliphatic heterocycles. The van der Waals surface area contributed by atoms with Gasteiger partial charge < -0.3 is 10.0 Å². The van der Waals surface area contributed by atoms with Gasteiger partial charge in [0.15, 0.2) is 15.0 Å². The monoisotopic (exact) mass is 396 g/mol. The maximum atomic E-state index is 12.1. The van der Waals surface area contributed by atoms with Gasteiger partial charge in [0, 0.05) is 17.4 Å². The van der Waals surface area contributed by atoms with Gasteiger partial charge in [-0.25, -0.2) is 8.42 Å². The maximum Gasteiger partial charge on any atom is 0.303 e. The number of amidine groups is 1. The van der Waals surface area contributed by atoms with Crippen LogP contribution in [0, 0.1) is 13.8 Å². The van der Waals surface area contributed by atoms with Crippen LogP contribution in [-0.4, -0.2) is 53.4 Å². The lowest BCUT2D eigenvalue weighted by Crippen LogP contribution is -2.38. The van der Waals surface area contributed by atoms with Crippen molar-refractivity contribution in [3.63, 3.8) is 0 Å². The number of sulfone groups is 1. The van der Waals surface area contributed by atoms with Crippen molar-refractivity contribution in [2.24, 2.45) is 4.99 Å². The molecule has 26 heavy (non-hydrogen) atoms. The Morgan fingerprint density at radius 2 is 2.00 bits per heavy atom. The molecule has 0 radical (unpaired) electrons. The third-order valence-corrected chi connectivity index (χ3v) is 7.88. The lowest BCUT2D eigenvalue weighted by Gasteiger charge is -2.26. The molecule has 0 aliphatic carbocycles. The van der Waals surface area contributed by atoms with Crippen LogP contribution in [-0.2, 0) is 19.4 Å². The van der Waals surface area contributed by atoms with Crippen LogP contribution >= 0.6 is 11.8 Å². The summed E-state index contributed by atoms with van der Waals surface area (Å²) in [4.78, 5) is 28.7. The topological polar surface area (TPSA) is 104 Å². The summed E-state index contributed by atoms with van der Waals surface area (Å²) in [6.07, 6.45) is -0.446. The highest BCUT2D eigenvalue weighted by molar-refractivity contribution is 8.16. The normalized spacial score (nSPS) is 25.5. The molecule has 2 heterocycles. The van der Waals surface area contributed by atoms with Crippen molar-refractivity contribution < 1.29 is 23.1 Å². The quantitative estimate of drug-likeness (QED) is 0.827. The van der Waals surface area contributed by atoms with Gasteiger partial charge in [-0.2, -0.15) is 4.99 Å². The van der Waals surface area contributed by atoms with Crippen molar-refractivity contribution in [3.8, 4) is 0 Å². The zero-order valence-electron chi connectivity index (χ0n) is 14.5. The van der Waals surface area contributed by atoms with E-state index in [-0.39, 0.29) is 35.6 Å². The Balaban J connectivity index is 1.97. The highest BCUT2D eigenvalue weighted by Crippen LogP contribution is 2.42. The van der Waals surface area contributed by atoms with E-state index in [9.17, 15) is 18.0 Å². The van der Waals surface area contributed by atoms with Crippen molar-refractivity contribution in [1.29, 1.82) is 0 Å². The Morgan fingerprint density at radius 3 is 2.69 bits per heavy atom. The molecule has 0 unspecified atom stereocenters. The molecule has 2 aliphatic rings. The second-order valence-electron chi connectivity index (χ2n) is 6.57. The molecule has 0 bridgehead atoms. The second kappa shape index (κ2) is 7.03. The largest absolute Gasteiger partial charge is 0.481 e. The summed E-state index contributed by atoms with van der Waals surface area (Å²) in [6.45, 7) is 3.93. The van der Waals surface area contributed by atoms with Crippen molar-refractivity contribution in [2.45, 2.75) is 38.0 Å². The summed E-state index contributed by atoms with van der Waals surface area (Å²) in [5.74, 6) is -1.47. The number of carbonyl (C=O) groups is 2. The van der Waals surface area contributed by atoms with E-state index in [0.717, 1.165) is 16.8 Å². The Morgan fingerprint density at radius 1 is 1.27 bits per heavy atom. The van der Waals surface area contributed by atoms with E-state index >= 15 is 0 Å². The first kappa shape index (κ1) is 18.9. The second-order valence-corrected chi connectivity index (χ2v) is 9.93. The molecule has 2 atom stereocenters. The van der Waals surface area contributed by atoms with E-state index < -0.39 is 21.7 Å². The number of carboxylic acids is 1. The Labute approximate surface area is 156 Å². The van der Waals surface area contributed by atoms with Gasteiger partial charge in [-0.1, -0.05) is 23.9 Å². The third kappa shape index (κ3) is 3.78. The van der Waals surface area contributed by atoms with Crippen LogP contribution in [0.2, 0.25) is 0 Å². The van der Waals surface area contributed by atoms with Crippen LogP contribution in [0.1, 0.15) is 24.0 Å². The van der Waals surface area contributed by atoms with Crippen molar-refractivity contribution in [2.75, 3.05) is 16.4 Å². The lowest BCUT2D eigenvalue weighted by molar-refractivity contribution is -0.138. The molecule has 7 nitrogen and oxygen atoms in total. The highest BCUT2D eigenvalue weighted by Gasteiger charge is 2.49. The molecule has 1 amide bonds. The summed E-state index contributed by atoms with van der Waals surface area (Å²) in [5.41, 5.74) is 2.91. The number of aliphatic carboxylic acids is 1. The van der Waals surface area contributed by atoms with E-state index in [1.165, 1.54) is 11.8 Å². The number of carboxylic acid groups (broad SMARTS) is 1. The zero-order valence-corrected chi connectivity index (χ0v) is 16.1. The van der Waals surface area contributed by atoms with E-state index in [4.69, 9.17) is 5.11 Å². The Bertz CT molecular complexity index is 894. The van der Waals surface area contributed by atoms with Crippen LogP contribution in [0.25, 0.3) is 0 Å². The van der Waals surface area contributed by atoms with Crippen molar-refractivity contribution in [3.05, 3.63) is 29.3 Å². The fourth-order valence-electron chi connectivity index (χ4n) is 3.22. The van der Waals surface area contributed by atoms with E-state index in [1.807, 2.05) is 36.9 Å². The predicted molar refractivity (Wildman–Crippen MR) is 102 cm³/mol. The van der Waals surface area contributed by atoms with Gasteiger partial charge in [0.05, 0.1) is 24.0 Å². The first-order chi connectivity index (χ1) is 12.2. The lowest BCUT2D eigenvalue weighted by atomic mass is 10.1. The maximum absolute atomic E-state index is 12.1. The molecular weight excluding hydrogens is 376 g/mol. The molecular formula is C17H20N2O5S2. The number of fused-ring (bicyclic) bond motifs is 1. The number of benzene rings is 1. The number of thioether (sulfide) groups is 1. The SMILES string of the molecule is Cc1cccc(N2C(=NC(=O)CCC(=O)O)S[C@H]3CS(=O)(=O)C[C@H]32)c1C. The molecule has 1 aromatic rings. The van der Waals surface area contributed by atoms with Crippen LogP contribution in [0.15, 0.2) is 23.2 Å². The van der Waals surface area contributed by atoms with Gasteiger partial charge in [-0.05, 0) is 31.0 Å². The van der Waals surface area contributed by atoms with Gasteiger partial charge in [0.25, 0.3) is 0 Å². The summed E-state index contributed by atoms with van der Waals surface area (Å²) in [7, 11) is -3.12. The number of hydrogen-bond donors (Lipinski definition) is 1. The molecule has 140 valence electrons. The van der Waals surface area contributed by atoms with Gasteiger partial charge in [-0.3, -0.25) is 9.59 Å². The summed E-state index contributed by atoms with van der Waals surface area (Å²) in [6, 6.07) is 5.49. The van der Waals surface area contributed by atoms with Crippen LogP contribution in [0.4, 0.5) is 5.69 Å². The van der Waals surface area contributed by atoms with Crippen LogP contribution < -0.4 is 4.90 Å². The minimum atomic E-state index is -3.12. The minimum absolute atomic E-state index is 0.0282. The molecule has 2 fully saturated rings. The average Bonchev–Trinajstić information content (AvgIpc) is 2.99. The van der Waals surface area contributed by atoms with Gasteiger partial charge >= 0.3 is 5.97 Å². The number of amides is 1. The molecule has 2 saturated heterocycles. The number of hydrogen-bond acceptors (Lipinski definition) is 5. The van der Waals surface area contributed by atoms with E-state index in [1.54, 1.807) is 0 Å². The number of aryl methyl sites for hydroxylation is 1. The Kier molecular flexibility index (Phi) is 5.12. The molecule has 0 saturated carbocycles. The van der Waals surface area contributed by atoms with E-state index in [2.05, 4.69) is 4.99 Å². The van der Waals surface area contributed by atoms with Crippen LogP contribution in [0.3, 0.4) is 0 Å². The number of carbonyl (C=O) groups excluding carboxylic acids is 1. The fraction of sp³-hybridized carbons (Fsp3) is 0.471. The standard InChI is InChI=1S/C17H20N2O5S2/c1-10-4-3-5-12(11(10)2)19-13-8-26(23,24)9-14(13)25-17(19)18-15(20)6-7-16(21)22/h3-5,13-14H,6-9H2,1-2H3,(H,21,22)/t13-,14+/m1/s1. The summed E-state index contributed by atoms with van der Waals surface area (Å²) >= 11 is 1.29. The summed E-state index contributed by atoms with van der Waals surface area (Å²) in [5, 5.41) is 9.01. The van der Waals surface area contributed by atoms with Crippen LogP contribution in [0.5, 0.6) is 0 Å². The number of rotatable bonds is 4. The predicted octanol–water partition coefficient (Wildman–Crippen LogP) is 1.77. The molecule has 1 aromatic carbocycles. The van der Waals surface area contributed by atoms with Gasteiger partial charge in [0.2, 0.25) is 5.91 Å². The number of anilines is 1. The minimum Gasteiger partial charge on any atom is -0.481 e. The first-order valence-corrected chi connectivity index (χ1v) is 10.9.